The lowest BCUT2D eigenvalue weighted by atomic mass is 10.2. The molecular weight excluding hydrogens is 221 g/mol. The summed E-state index contributed by atoms with van der Waals surface area (Å²) >= 11 is 0. The van der Waals surface area contributed by atoms with Crippen LogP contribution in [-0.4, -0.2) is 19.3 Å². The highest BCUT2D eigenvalue weighted by Crippen LogP contribution is 2.32. The second kappa shape index (κ2) is 5.75. The number of benzene rings is 1. The van der Waals surface area contributed by atoms with Crippen molar-refractivity contribution in [2.45, 2.75) is 39.9 Å². The third-order valence-corrected chi connectivity index (χ3v) is 2.02. The molecule has 0 aliphatic heterocycles. The van der Waals surface area contributed by atoms with Crippen molar-refractivity contribution in [1.29, 1.82) is 0 Å². The van der Waals surface area contributed by atoms with Crippen LogP contribution in [0.1, 0.15) is 27.7 Å². The largest absolute Gasteiger partial charge is 0.488 e. The highest BCUT2D eigenvalue weighted by Gasteiger charge is 2.15. The molecule has 0 spiro atoms. The molecule has 0 saturated heterocycles. The number of ether oxygens (including phenoxy) is 2. The Labute approximate surface area is 102 Å². The van der Waals surface area contributed by atoms with Crippen LogP contribution in [0.5, 0.6) is 11.5 Å². The van der Waals surface area contributed by atoms with Gasteiger partial charge in [0.1, 0.15) is 0 Å². The molecule has 0 heterocycles. The Kier molecular flexibility index (Phi) is 4.61. The van der Waals surface area contributed by atoms with Crippen molar-refractivity contribution in [2.75, 3.05) is 12.4 Å². The van der Waals surface area contributed by atoms with Crippen LogP contribution >= 0.6 is 0 Å². The van der Waals surface area contributed by atoms with E-state index >= 15 is 0 Å². The van der Waals surface area contributed by atoms with Gasteiger partial charge in [-0.1, -0.05) is 0 Å². The van der Waals surface area contributed by atoms with Crippen molar-refractivity contribution >= 4 is 5.69 Å². The molecule has 3 nitrogen and oxygen atoms in total. The summed E-state index contributed by atoms with van der Waals surface area (Å²) in [4.78, 5) is 0. The van der Waals surface area contributed by atoms with E-state index in [-0.39, 0.29) is 23.7 Å². The first kappa shape index (κ1) is 13.6. The molecule has 1 aromatic carbocycles. The Hall–Kier alpha value is -1.45. The van der Waals surface area contributed by atoms with Crippen molar-refractivity contribution in [3.05, 3.63) is 17.9 Å². The standard InChI is InChI=1S/C13H20FNO2/c1-8(2)16-11-6-10(15-5)7-12(13(11)14)17-9(3)4/h6-9,15H,1-5H3. The minimum absolute atomic E-state index is 0.0801. The fourth-order valence-corrected chi connectivity index (χ4v) is 1.40. The lowest BCUT2D eigenvalue weighted by Crippen LogP contribution is -2.11. The van der Waals surface area contributed by atoms with Gasteiger partial charge in [-0.05, 0) is 27.7 Å². The number of hydrogen-bond acceptors (Lipinski definition) is 3. The first-order valence-electron chi connectivity index (χ1n) is 5.78. The topological polar surface area (TPSA) is 30.5 Å². The average molecular weight is 241 g/mol. The fraction of sp³-hybridized carbons (Fsp3) is 0.538. The van der Waals surface area contributed by atoms with Gasteiger partial charge in [0.05, 0.1) is 12.2 Å². The van der Waals surface area contributed by atoms with E-state index in [1.165, 1.54) is 0 Å². The van der Waals surface area contributed by atoms with E-state index in [9.17, 15) is 4.39 Å². The molecule has 0 aliphatic rings. The normalized spacial score (nSPS) is 10.8. The summed E-state index contributed by atoms with van der Waals surface area (Å²) in [5.41, 5.74) is 0.762. The average Bonchev–Trinajstić information content (AvgIpc) is 2.22. The van der Waals surface area contributed by atoms with E-state index in [4.69, 9.17) is 9.47 Å². The Morgan fingerprint density at radius 3 is 1.71 bits per heavy atom. The molecule has 0 amide bonds. The van der Waals surface area contributed by atoms with E-state index in [2.05, 4.69) is 5.32 Å². The zero-order chi connectivity index (χ0) is 13.0. The summed E-state index contributed by atoms with van der Waals surface area (Å²) in [5, 5.41) is 2.95. The highest BCUT2D eigenvalue weighted by molar-refractivity contribution is 5.54. The van der Waals surface area contributed by atoms with Crippen molar-refractivity contribution in [1.82, 2.24) is 0 Å². The van der Waals surface area contributed by atoms with Crippen LogP contribution in [-0.2, 0) is 0 Å². The van der Waals surface area contributed by atoms with Crippen molar-refractivity contribution in [3.63, 3.8) is 0 Å². The Balaban J connectivity index is 3.11. The molecule has 1 aromatic rings. The first-order valence-corrected chi connectivity index (χ1v) is 5.78. The van der Waals surface area contributed by atoms with Gasteiger partial charge in [0.25, 0.3) is 0 Å². The van der Waals surface area contributed by atoms with E-state index < -0.39 is 5.82 Å². The van der Waals surface area contributed by atoms with Crippen LogP contribution in [0.2, 0.25) is 0 Å². The smallest absolute Gasteiger partial charge is 0.207 e. The summed E-state index contributed by atoms with van der Waals surface area (Å²) in [7, 11) is 1.77. The van der Waals surface area contributed by atoms with Crippen LogP contribution in [0, 0.1) is 5.82 Å². The summed E-state index contributed by atoms with van der Waals surface area (Å²) in [6.07, 6.45) is -0.160. The maximum Gasteiger partial charge on any atom is 0.207 e. The van der Waals surface area contributed by atoms with Gasteiger partial charge >= 0.3 is 0 Å². The number of anilines is 1. The third-order valence-electron chi connectivity index (χ3n) is 2.02. The second-order valence-corrected chi connectivity index (χ2v) is 4.37. The zero-order valence-corrected chi connectivity index (χ0v) is 11.0. The van der Waals surface area contributed by atoms with E-state index in [0.29, 0.717) is 0 Å². The third kappa shape index (κ3) is 3.80. The summed E-state index contributed by atoms with van der Waals surface area (Å²) in [6.45, 7) is 7.42. The molecule has 0 saturated carbocycles. The van der Waals surface area contributed by atoms with Gasteiger partial charge in [0.15, 0.2) is 11.5 Å². The minimum atomic E-state index is -0.452. The number of hydrogen-bond donors (Lipinski definition) is 1. The van der Waals surface area contributed by atoms with Crippen molar-refractivity contribution in [2.24, 2.45) is 0 Å². The van der Waals surface area contributed by atoms with Crippen LogP contribution < -0.4 is 14.8 Å². The van der Waals surface area contributed by atoms with Gasteiger partial charge in [0, 0.05) is 24.9 Å². The van der Waals surface area contributed by atoms with E-state index in [0.717, 1.165) is 5.69 Å². The molecule has 0 bridgehead atoms. The molecule has 0 fully saturated rings. The number of nitrogens with one attached hydrogen (secondary N) is 1. The van der Waals surface area contributed by atoms with Crippen molar-refractivity contribution < 1.29 is 13.9 Å². The van der Waals surface area contributed by atoms with Gasteiger partial charge < -0.3 is 14.8 Å². The van der Waals surface area contributed by atoms with Crippen LogP contribution in [0.25, 0.3) is 0 Å². The molecule has 0 aliphatic carbocycles. The summed E-state index contributed by atoms with van der Waals surface area (Å²) in [6, 6.07) is 3.26. The second-order valence-electron chi connectivity index (χ2n) is 4.37. The molecule has 0 atom stereocenters. The van der Waals surface area contributed by atoms with Crippen LogP contribution in [0.4, 0.5) is 10.1 Å². The molecule has 1 N–H and O–H groups in total. The lowest BCUT2D eigenvalue weighted by Gasteiger charge is -2.17. The zero-order valence-electron chi connectivity index (χ0n) is 11.0. The molecule has 0 aromatic heterocycles. The first-order chi connectivity index (χ1) is 7.93. The molecule has 1 rings (SSSR count). The SMILES string of the molecule is CNc1cc(OC(C)C)c(F)c(OC(C)C)c1. The Morgan fingerprint density at radius 2 is 1.41 bits per heavy atom. The van der Waals surface area contributed by atoms with E-state index in [1.807, 2.05) is 27.7 Å². The Morgan fingerprint density at radius 1 is 1.00 bits per heavy atom. The predicted octanol–water partition coefficient (Wildman–Crippen LogP) is 3.44. The molecule has 0 unspecified atom stereocenters. The van der Waals surface area contributed by atoms with Crippen LogP contribution in [0.3, 0.4) is 0 Å². The molecule has 96 valence electrons. The maximum absolute atomic E-state index is 14.0. The Bertz CT molecular complexity index is 347. The van der Waals surface area contributed by atoms with Crippen LogP contribution in [0.15, 0.2) is 12.1 Å². The lowest BCUT2D eigenvalue weighted by molar-refractivity contribution is 0.209. The van der Waals surface area contributed by atoms with Gasteiger partial charge in [0.2, 0.25) is 5.82 Å². The van der Waals surface area contributed by atoms with Gasteiger partial charge in [-0.2, -0.15) is 4.39 Å². The van der Waals surface area contributed by atoms with E-state index in [1.54, 1.807) is 19.2 Å². The fourth-order valence-electron chi connectivity index (χ4n) is 1.40. The summed E-state index contributed by atoms with van der Waals surface area (Å²) in [5.74, 6) is -0.0311. The van der Waals surface area contributed by atoms with Gasteiger partial charge in [-0.3, -0.25) is 0 Å². The monoisotopic (exact) mass is 241 g/mol. The molecule has 0 radical (unpaired) electrons. The highest BCUT2D eigenvalue weighted by atomic mass is 19.1. The molecular formula is C13H20FNO2. The number of halogens is 1. The quantitative estimate of drug-likeness (QED) is 0.856. The summed E-state index contributed by atoms with van der Waals surface area (Å²) < 4.78 is 24.9. The maximum atomic E-state index is 14.0. The molecule has 4 heteroatoms. The number of rotatable bonds is 5. The van der Waals surface area contributed by atoms with Gasteiger partial charge in [-0.25, -0.2) is 0 Å². The predicted molar refractivity (Wildman–Crippen MR) is 67.5 cm³/mol. The molecule has 17 heavy (non-hydrogen) atoms. The van der Waals surface area contributed by atoms with Gasteiger partial charge in [-0.15, -0.1) is 0 Å². The van der Waals surface area contributed by atoms with Crippen molar-refractivity contribution in [3.8, 4) is 11.5 Å². The minimum Gasteiger partial charge on any atom is -0.488 e.